The van der Waals surface area contributed by atoms with Gasteiger partial charge >= 0.3 is 0 Å². The molecule has 0 spiro atoms. The number of carbonyl (C=O) groups is 1. The van der Waals surface area contributed by atoms with Crippen LogP contribution in [0, 0.1) is 6.92 Å². The van der Waals surface area contributed by atoms with Gasteiger partial charge in [0, 0.05) is 18.0 Å². The van der Waals surface area contributed by atoms with Gasteiger partial charge in [-0.2, -0.15) is 0 Å². The molecule has 0 saturated carbocycles. The number of pyridine rings is 1. The van der Waals surface area contributed by atoms with Gasteiger partial charge in [0.25, 0.3) is 0 Å². The van der Waals surface area contributed by atoms with Gasteiger partial charge in [-0.05, 0) is 55.0 Å². The van der Waals surface area contributed by atoms with Crippen LogP contribution in [-0.4, -0.2) is 31.4 Å². The molecule has 0 aliphatic rings. The second kappa shape index (κ2) is 10.9. The first-order valence-electron chi connectivity index (χ1n) is 11.4. The molecule has 0 saturated heterocycles. The van der Waals surface area contributed by atoms with Gasteiger partial charge in [-0.3, -0.25) is 14.3 Å². The fourth-order valence-corrected chi connectivity index (χ4v) is 4.42. The minimum Gasteiger partial charge on any atom is -0.455 e. The molecule has 0 atom stereocenters. The number of para-hydroxylation sites is 4. The van der Waals surface area contributed by atoms with E-state index in [1.165, 1.54) is 11.8 Å². The lowest BCUT2D eigenvalue weighted by atomic mass is 10.2. The van der Waals surface area contributed by atoms with Crippen molar-refractivity contribution < 1.29 is 9.53 Å². The summed E-state index contributed by atoms with van der Waals surface area (Å²) in [5, 5.41) is 12.4. The summed E-state index contributed by atoms with van der Waals surface area (Å²) in [5.41, 5.74) is 3.53. The molecule has 0 radical (unpaired) electrons. The molecule has 2 aromatic heterocycles. The van der Waals surface area contributed by atoms with Crippen molar-refractivity contribution in [1.82, 2.24) is 19.7 Å². The number of nitrogens with zero attached hydrogens (tertiary/aromatic N) is 4. The number of benzene rings is 3. The van der Waals surface area contributed by atoms with Crippen LogP contribution in [-0.2, 0) is 4.79 Å². The number of thioether (sulfide) groups is 1. The Bertz CT molecular complexity index is 1470. The Morgan fingerprint density at radius 1 is 0.889 bits per heavy atom. The van der Waals surface area contributed by atoms with Crippen LogP contribution in [0.1, 0.15) is 5.56 Å². The molecule has 36 heavy (non-hydrogen) atoms. The Morgan fingerprint density at radius 2 is 1.61 bits per heavy atom. The smallest absolute Gasteiger partial charge is 0.234 e. The van der Waals surface area contributed by atoms with Gasteiger partial charge in [0.1, 0.15) is 5.75 Å². The fourth-order valence-electron chi connectivity index (χ4n) is 3.67. The molecule has 1 amide bonds. The van der Waals surface area contributed by atoms with Crippen molar-refractivity contribution >= 4 is 23.4 Å². The second-order valence-corrected chi connectivity index (χ2v) is 8.85. The molecule has 5 rings (SSSR count). The number of carbonyl (C=O) groups excluding carboxylic acids is 1. The standard InChI is InChI=1S/C28H23N5O2S/c1-20-9-5-7-13-24(20)33-27(21-15-17-29-18-16-21)31-32-28(33)36-19-26(34)30-23-12-6-8-14-25(23)35-22-10-3-2-4-11-22/h2-18H,19H2,1H3,(H,30,34). The normalized spacial score (nSPS) is 10.7. The summed E-state index contributed by atoms with van der Waals surface area (Å²) in [5.74, 6) is 1.94. The Balaban J connectivity index is 1.36. The first-order chi connectivity index (χ1) is 17.7. The average molecular weight is 494 g/mol. The molecule has 1 N–H and O–H groups in total. The van der Waals surface area contributed by atoms with E-state index in [2.05, 4.69) is 20.5 Å². The number of anilines is 1. The van der Waals surface area contributed by atoms with Gasteiger partial charge in [0.2, 0.25) is 5.91 Å². The van der Waals surface area contributed by atoms with Gasteiger partial charge in [-0.25, -0.2) is 0 Å². The van der Waals surface area contributed by atoms with Crippen LogP contribution in [0.15, 0.2) is 109 Å². The highest BCUT2D eigenvalue weighted by Crippen LogP contribution is 2.31. The van der Waals surface area contributed by atoms with E-state index in [1.807, 2.05) is 102 Å². The maximum atomic E-state index is 12.9. The topological polar surface area (TPSA) is 81.9 Å². The minimum absolute atomic E-state index is 0.153. The molecular formula is C28H23N5O2S. The maximum absolute atomic E-state index is 12.9. The predicted octanol–water partition coefficient (Wildman–Crippen LogP) is 6.16. The van der Waals surface area contributed by atoms with Crippen LogP contribution in [0.25, 0.3) is 17.1 Å². The van der Waals surface area contributed by atoms with E-state index in [4.69, 9.17) is 4.74 Å². The van der Waals surface area contributed by atoms with Gasteiger partial charge < -0.3 is 10.1 Å². The highest BCUT2D eigenvalue weighted by Gasteiger charge is 2.19. The van der Waals surface area contributed by atoms with Crippen LogP contribution < -0.4 is 10.1 Å². The zero-order valence-corrected chi connectivity index (χ0v) is 20.4. The third-order valence-corrected chi connectivity index (χ3v) is 6.32. The molecule has 0 aliphatic heterocycles. The number of aryl methyl sites for hydroxylation is 1. The van der Waals surface area contributed by atoms with E-state index in [9.17, 15) is 4.79 Å². The Labute approximate surface area is 213 Å². The average Bonchev–Trinajstić information content (AvgIpc) is 3.34. The summed E-state index contributed by atoms with van der Waals surface area (Å²) < 4.78 is 7.94. The van der Waals surface area contributed by atoms with Crippen molar-refractivity contribution in [2.45, 2.75) is 12.1 Å². The highest BCUT2D eigenvalue weighted by molar-refractivity contribution is 7.99. The van der Waals surface area contributed by atoms with E-state index in [0.29, 0.717) is 28.2 Å². The number of ether oxygens (including phenoxy) is 1. The molecule has 178 valence electrons. The highest BCUT2D eigenvalue weighted by atomic mass is 32.2. The quantitative estimate of drug-likeness (QED) is 0.261. The third-order valence-electron chi connectivity index (χ3n) is 5.39. The predicted molar refractivity (Wildman–Crippen MR) is 142 cm³/mol. The van der Waals surface area contributed by atoms with Crippen LogP contribution in [0.2, 0.25) is 0 Å². The lowest BCUT2D eigenvalue weighted by molar-refractivity contribution is -0.113. The van der Waals surface area contributed by atoms with Gasteiger partial charge in [-0.15, -0.1) is 10.2 Å². The van der Waals surface area contributed by atoms with Crippen molar-refractivity contribution in [3.63, 3.8) is 0 Å². The Hall–Kier alpha value is -4.43. The summed E-state index contributed by atoms with van der Waals surface area (Å²) in [6, 6.07) is 28.6. The molecule has 0 aliphatic carbocycles. The van der Waals surface area contributed by atoms with Crippen molar-refractivity contribution in [2.75, 3.05) is 11.1 Å². The molecule has 7 nitrogen and oxygen atoms in total. The lowest BCUT2D eigenvalue weighted by Crippen LogP contribution is -2.15. The SMILES string of the molecule is Cc1ccccc1-n1c(SCC(=O)Nc2ccccc2Oc2ccccc2)nnc1-c1ccncc1. The first-order valence-corrected chi connectivity index (χ1v) is 12.3. The lowest BCUT2D eigenvalue weighted by Gasteiger charge is -2.13. The maximum Gasteiger partial charge on any atom is 0.234 e. The zero-order chi connectivity index (χ0) is 24.7. The molecule has 2 heterocycles. The number of aromatic nitrogens is 4. The van der Waals surface area contributed by atoms with Crippen molar-refractivity contribution in [1.29, 1.82) is 0 Å². The summed E-state index contributed by atoms with van der Waals surface area (Å²) in [7, 11) is 0. The molecular weight excluding hydrogens is 470 g/mol. The van der Waals surface area contributed by atoms with Crippen LogP contribution in [0.3, 0.4) is 0 Å². The van der Waals surface area contributed by atoms with Crippen LogP contribution in [0.4, 0.5) is 5.69 Å². The first kappa shape index (κ1) is 23.3. The van der Waals surface area contributed by atoms with Crippen LogP contribution >= 0.6 is 11.8 Å². The fraction of sp³-hybridized carbons (Fsp3) is 0.0714. The summed E-state index contributed by atoms with van der Waals surface area (Å²) in [4.78, 5) is 17.0. The van der Waals surface area contributed by atoms with Gasteiger partial charge in [0.15, 0.2) is 16.7 Å². The molecule has 0 fully saturated rings. The van der Waals surface area contributed by atoms with Crippen molar-refractivity contribution in [2.24, 2.45) is 0 Å². The van der Waals surface area contributed by atoms with Crippen LogP contribution in [0.5, 0.6) is 11.5 Å². The van der Waals surface area contributed by atoms with E-state index in [0.717, 1.165) is 16.8 Å². The molecule has 8 heteroatoms. The largest absolute Gasteiger partial charge is 0.455 e. The Kier molecular flexibility index (Phi) is 7.05. The summed E-state index contributed by atoms with van der Waals surface area (Å²) in [6.45, 7) is 2.04. The van der Waals surface area contributed by atoms with Crippen molar-refractivity contribution in [3.8, 4) is 28.6 Å². The van der Waals surface area contributed by atoms with E-state index < -0.39 is 0 Å². The number of hydrogen-bond acceptors (Lipinski definition) is 6. The number of hydrogen-bond donors (Lipinski definition) is 1. The minimum atomic E-state index is -0.172. The number of nitrogens with one attached hydrogen (secondary N) is 1. The van der Waals surface area contributed by atoms with Gasteiger partial charge in [0.05, 0.1) is 17.1 Å². The van der Waals surface area contributed by atoms with E-state index >= 15 is 0 Å². The van der Waals surface area contributed by atoms with Gasteiger partial charge in [-0.1, -0.05) is 60.3 Å². The monoisotopic (exact) mass is 493 g/mol. The molecule has 3 aromatic carbocycles. The third kappa shape index (κ3) is 5.29. The van der Waals surface area contributed by atoms with E-state index in [-0.39, 0.29) is 11.7 Å². The Morgan fingerprint density at radius 3 is 2.42 bits per heavy atom. The van der Waals surface area contributed by atoms with E-state index in [1.54, 1.807) is 12.4 Å². The molecule has 0 unspecified atom stereocenters. The second-order valence-electron chi connectivity index (χ2n) is 7.91. The molecule has 0 bridgehead atoms. The number of amides is 1. The zero-order valence-electron chi connectivity index (χ0n) is 19.5. The summed E-state index contributed by atoms with van der Waals surface area (Å²) in [6.07, 6.45) is 3.45. The number of rotatable bonds is 8. The summed E-state index contributed by atoms with van der Waals surface area (Å²) >= 11 is 1.32. The van der Waals surface area contributed by atoms with Crippen molar-refractivity contribution in [3.05, 3.63) is 109 Å². The molecule has 5 aromatic rings.